The summed E-state index contributed by atoms with van der Waals surface area (Å²) in [5.74, 6) is -0.307. The minimum Gasteiger partial charge on any atom is -0.465 e. The summed E-state index contributed by atoms with van der Waals surface area (Å²) in [6.07, 6.45) is 0.788. The molecule has 2 N–H and O–H groups in total. The van der Waals surface area contributed by atoms with Gasteiger partial charge in [0.25, 0.3) is 5.56 Å². The largest absolute Gasteiger partial charge is 0.465 e. The van der Waals surface area contributed by atoms with Crippen molar-refractivity contribution in [1.29, 1.82) is 0 Å². The Labute approximate surface area is 202 Å². The van der Waals surface area contributed by atoms with Crippen molar-refractivity contribution in [1.82, 2.24) is 24.6 Å². The summed E-state index contributed by atoms with van der Waals surface area (Å²) >= 11 is 0. The van der Waals surface area contributed by atoms with Crippen molar-refractivity contribution in [3.05, 3.63) is 34.2 Å². The van der Waals surface area contributed by atoms with Crippen molar-refractivity contribution in [2.24, 2.45) is 0 Å². The number of hydrogen-bond donors (Lipinski definition) is 2. The minimum atomic E-state index is -1.31. The highest BCUT2D eigenvalue weighted by atomic mass is 19.1. The van der Waals surface area contributed by atoms with Crippen LogP contribution < -0.4 is 10.9 Å². The van der Waals surface area contributed by atoms with E-state index in [1.807, 2.05) is 0 Å². The number of likely N-dealkylation sites (tertiary alicyclic amines) is 2. The number of pyridine rings is 1. The number of hydrogen-bond acceptors (Lipinski definition) is 6. The van der Waals surface area contributed by atoms with Crippen LogP contribution in [-0.4, -0.2) is 100 Å². The van der Waals surface area contributed by atoms with Crippen LogP contribution in [0.4, 0.5) is 14.0 Å². The number of rotatable bonds is 7. The number of nitrogens with zero attached hydrogens (tertiary/aromatic N) is 4. The Morgan fingerprint density at radius 1 is 1.11 bits per heavy atom. The standard InChI is InChI=1S/C23H32FN5O6/c24-18-15-29(23(33)34)10-5-19(18)35-17-3-8-26(9-4-17)12-13-27-7-1-2-16(21(27)31)14-28-11-6-20(30)25-22(28)32/h1-2,7,17-19H,3-6,8-15H2,(H,33,34)(H,25,30,32)/t18-,19-/m1/s1. The number of urea groups is 1. The average molecular weight is 494 g/mol. The Morgan fingerprint density at radius 3 is 2.57 bits per heavy atom. The van der Waals surface area contributed by atoms with Crippen LogP contribution in [0.2, 0.25) is 0 Å². The Balaban J connectivity index is 1.22. The zero-order chi connectivity index (χ0) is 24.9. The van der Waals surface area contributed by atoms with Gasteiger partial charge < -0.3 is 29.1 Å². The summed E-state index contributed by atoms with van der Waals surface area (Å²) in [6.45, 7) is 3.31. The lowest BCUT2D eigenvalue weighted by molar-refractivity contribution is -0.121. The molecular weight excluding hydrogens is 461 g/mol. The van der Waals surface area contributed by atoms with Crippen molar-refractivity contribution in [2.75, 3.05) is 39.3 Å². The number of aromatic nitrogens is 1. The molecule has 12 heteroatoms. The fraction of sp³-hybridized carbons (Fsp3) is 0.652. The second-order valence-electron chi connectivity index (χ2n) is 9.31. The molecule has 3 saturated heterocycles. The molecule has 11 nitrogen and oxygen atoms in total. The maximum Gasteiger partial charge on any atom is 0.407 e. The number of carbonyl (C=O) groups is 3. The molecule has 1 aromatic heterocycles. The number of amides is 4. The number of halogens is 1. The van der Waals surface area contributed by atoms with Gasteiger partial charge in [-0.15, -0.1) is 0 Å². The van der Waals surface area contributed by atoms with Crippen LogP contribution in [0.25, 0.3) is 0 Å². The van der Waals surface area contributed by atoms with E-state index in [0.717, 1.165) is 30.8 Å². The molecule has 1 aromatic rings. The van der Waals surface area contributed by atoms with Gasteiger partial charge in [-0.2, -0.15) is 0 Å². The molecule has 3 aliphatic rings. The Kier molecular flexibility index (Phi) is 8.01. The summed E-state index contributed by atoms with van der Waals surface area (Å²) in [7, 11) is 0. The van der Waals surface area contributed by atoms with Crippen LogP contribution in [0, 0.1) is 0 Å². The second-order valence-corrected chi connectivity index (χ2v) is 9.31. The first-order valence-corrected chi connectivity index (χ1v) is 12.1. The van der Waals surface area contributed by atoms with E-state index < -0.39 is 24.4 Å². The van der Waals surface area contributed by atoms with Gasteiger partial charge in [0.05, 0.1) is 25.3 Å². The van der Waals surface area contributed by atoms with E-state index in [1.54, 1.807) is 22.9 Å². The summed E-state index contributed by atoms with van der Waals surface area (Å²) in [6, 6.07) is 3.00. The van der Waals surface area contributed by atoms with Gasteiger partial charge >= 0.3 is 12.1 Å². The van der Waals surface area contributed by atoms with Crippen LogP contribution >= 0.6 is 0 Å². The zero-order valence-corrected chi connectivity index (χ0v) is 19.6. The maximum absolute atomic E-state index is 14.3. The second kappa shape index (κ2) is 11.2. The lowest BCUT2D eigenvalue weighted by atomic mass is 10.0. The number of carboxylic acid groups (broad SMARTS) is 1. The third kappa shape index (κ3) is 6.37. The van der Waals surface area contributed by atoms with Crippen LogP contribution in [0.3, 0.4) is 0 Å². The van der Waals surface area contributed by atoms with Crippen molar-refractivity contribution in [2.45, 2.75) is 57.2 Å². The van der Waals surface area contributed by atoms with Gasteiger partial charge in [0.2, 0.25) is 5.91 Å². The molecule has 0 unspecified atom stereocenters. The summed E-state index contributed by atoms with van der Waals surface area (Å²) < 4.78 is 21.9. The summed E-state index contributed by atoms with van der Waals surface area (Å²) in [4.78, 5) is 52.0. The molecule has 0 aliphatic carbocycles. The molecule has 4 amide bonds. The molecule has 0 bridgehead atoms. The summed E-state index contributed by atoms with van der Waals surface area (Å²) in [5, 5.41) is 11.3. The third-order valence-electron chi connectivity index (χ3n) is 6.91. The number of ether oxygens (including phenoxy) is 1. The highest BCUT2D eigenvalue weighted by Crippen LogP contribution is 2.23. The first-order valence-electron chi connectivity index (χ1n) is 12.1. The molecule has 4 heterocycles. The number of imide groups is 1. The first-order chi connectivity index (χ1) is 16.8. The average Bonchev–Trinajstić information content (AvgIpc) is 2.83. The lowest BCUT2D eigenvalue weighted by Crippen LogP contribution is -2.50. The van der Waals surface area contributed by atoms with Gasteiger partial charge in [0.15, 0.2) is 0 Å². The number of alkyl halides is 1. The van der Waals surface area contributed by atoms with E-state index in [2.05, 4.69) is 10.2 Å². The van der Waals surface area contributed by atoms with E-state index in [-0.39, 0.29) is 50.2 Å². The van der Waals surface area contributed by atoms with E-state index in [1.165, 1.54) is 4.90 Å². The van der Waals surface area contributed by atoms with E-state index >= 15 is 0 Å². The first kappa shape index (κ1) is 25.1. The van der Waals surface area contributed by atoms with Gasteiger partial charge in [0, 0.05) is 57.4 Å². The Bertz CT molecular complexity index is 995. The van der Waals surface area contributed by atoms with Crippen molar-refractivity contribution < 1.29 is 28.6 Å². The summed E-state index contributed by atoms with van der Waals surface area (Å²) in [5.41, 5.74) is 0.343. The molecule has 0 saturated carbocycles. The molecule has 35 heavy (non-hydrogen) atoms. The monoisotopic (exact) mass is 493 g/mol. The van der Waals surface area contributed by atoms with Gasteiger partial charge in [0.1, 0.15) is 6.17 Å². The highest BCUT2D eigenvalue weighted by Gasteiger charge is 2.34. The van der Waals surface area contributed by atoms with E-state index in [9.17, 15) is 23.6 Å². The molecule has 192 valence electrons. The topological polar surface area (TPSA) is 124 Å². The number of piperidine rings is 2. The minimum absolute atomic E-state index is 0.0560. The third-order valence-corrected chi connectivity index (χ3v) is 6.91. The normalized spacial score (nSPS) is 24.5. The van der Waals surface area contributed by atoms with E-state index in [4.69, 9.17) is 9.84 Å². The molecule has 3 aliphatic heterocycles. The van der Waals surface area contributed by atoms with Crippen molar-refractivity contribution >= 4 is 18.0 Å². The van der Waals surface area contributed by atoms with Gasteiger partial charge in [-0.05, 0) is 25.3 Å². The molecule has 3 fully saturated rings. The molecular formula is C23H32FN5O6. The van der Waals surface area contributed by atoms with Gasteiger partial charge in [-0.25, -0.2) is 14.0 Å². The Hall–Kier alpha value is -2.99. The molecule has 0 spiro atoms. The molecule has 2 atom stereocenters. The van der Waals surface area contributed by atoms with Crippen LogP contribution in [0.1, 0.15) is 31.2 Å². The lowest BCUT2D eigenvalue weighted by Gasteiger charge is -2.38. The highest BCUT2D eigenvalue weighted by molar-refractivity contribution is 5.96. The maximum atomic E-state index is 14.3. The molecule has 0 aromatic carbocycles. The van der Waals surface area contributed by atoms with Crippen molar-refractivity contribution in [3.8, 4) is 0 Å². The Morgan fingerprint density at radius 2 is 1.89 bits per heavy atom. The number of carbonyl (C=O) groups excluding carboxylic acids is 2. The fourth-order valence-electron chi connectivity index (χ4n) is 4.81. The van der Waals surface area contributed by atoms with Crippen molar-refractivity contribution in [3.63, 3.8) is 0 Å². The predicted molar refractivity (Wildman–Crippen MR) is 123 cm³/mol. The SMILES string of the molecule is O=C1CCN(Cc2cccn(CCN3CCC(O[C@@H]4CCN(C(=O)O)C[C@H]4F)CC3)c2=O)C(=O)N1. The van der Waals surface area contributed by atoms with Gasteiger partial charge in [-0.3, -0.25) is 14.9 Å². The smallest absolute Gasteiger partial charge is 0.407 e. The van der Waals surface area contributed by atoms with Crippen LogP contribution in [0.15, 0.2) is 23.1 Å². The number of nitrogens with one attached hydrogen (secondary N) is 1. The quantitative estimate of drug-likeness (QED) is 0.577. The van der Waals surface area contributed by atoms with Crippen LogP contribution in [0.5, 0.6) is 0 Å². The zero-order valence-electron chi connectivity index (χ0n) is 19.6. The molecule has 0 radical (unpaired) electrons. The fourth-order valence-corrected chi connectivity index (χ4v) is 4.81. The van der Waals surface area contributed by atoms with Gasteiger partial charge in [-0.1, -0.05) is 6.07 Å². The van der Waals surface area contributed by atoms with E-state index in [0.29, 0.717) is 25.1 Å². The van der Waals surface area contributed by atoms with Crippen LogP contribution in [-0.2, 0) is 22.6 Å². The predicted octanol–water partition coefficient (Wildman–Crippen LogP) is 0.862. The molecule has 4 rings (SSSR count).